The summed E-state index contributed by atoms with van der Waals surface area (Å²) >= 11 is 1.50. The van der Waals surface area contributed by atoms with Gasteiger partial charge in [-0.3, -0.25) is 0 Å². The van der Waals surface area contributed by atoms with Crippen molar-refractivity contribution in [3.63, 3.8) is 0 Å². The summed E-state index contributed by atoms with van der Waals surface area (Å²) in [7, 11) is 0. The fourth-order valence-electron chi connectivity index (χ4n) is 2.21. The lowest BCUT2D eigenvalue weighted by atomic mass is 10.0. The van der Waals surface area contributed by atoms with Crippen LogP contribution in [0, 0.1) is 5.82 Å². The van der Waals surface area contributed by atoms with Crippen LogP contribution in [0.4, 0.5) is 4.39 Å². The molecule has 0 saturated carbocycles. The average molecular weight is 263 g/mol. The molecule has 0 amide bonds. The van der Waals surface area contributed by atoms with E-state index in [1.807, 2.05) is 6.07 Å². The highest BCUT2D eigenvalue weighted by atomic mass is 32.1. The minimum atomic E-state index is -0.234. The van der Waals surface area contributed by atoms with Gasteiger partial charge in [-0.15, -0.1) is 10.2 Å². The van der Waals surface area contributed by atoms with Crippen LogP contribution in [-0.2, 0) is 0 Å². The Morgan fingerprint density at radius 3 is 2.94 bits per heavy atom. The summed E-state index contributed by atoms with van der Waals surface area (Å²) in [6, 6.07) is 6.71. The standard InChI is InChI=1S/C13H14FN3S/c14-11-6-2-1-5-10(11)13-17-16-12(18-13)9-4-3-7-15-8-9/h1-2,5-6,9,15H,3-4,7-8H2. The number of hydrogen-bond acceptors (Lipinski definition) is 4. The Bertz CT molecular complexity index is 535. The van der Waals surface area contributed by atoms with Crippen LogP contribution in [0.25, 0.3) is 10.6 Å². The highest BCUT2D eigenvalue weighted by Gasteiger charge is 2.20. The second-order valence-corrected chi connectivity index (χ2v) is 5.48. The zero-order valence-electron chi connectivity index (χ0n) is 9.90. The maximum absolute atomic E-state index is 13.7. The molecule has 18 heavy (non-hydrogen) atoms. The molecule has 0 radical (unpaired) electrons. The fourth-order valence-corrected chi connectivity index (χ4v) is 3.21. The molecule has 1 aromatic carbocycles. The van der Waals surface area contributed by atoms with Crippen molar-refractivity contribution in [3.05, 3.63) is 35.1 Å². The topological polar surface area (TPSA) is 37.8 Å². The summed E-state index contributed by atoms with van der Waals surface area (Å²) in [5, 5.41) is 13.4. The molecule has 0 aliphatic carbocycles. The number of benzene rings is 1. The van der Waals surface area contributed by atoms with Crippen molar-refractivity contribution in [1.82, 2.24) is 15.5 Å². The monoisotopic (exact) mass is 263 g/mol. The van der Waals surface area contributed by atoms with Gasteiger partial charge in [0, 0.05) is 18.0 Å². The largest absolute Gasteiger partial charge is 0.316 e. The molecular formula is C13H14FN3S. The summed E-state index contributed by atoms with van der Waals surface area (Å²) in [4.78, 5) is 0. The summed E-state index contributed by atoms with van der Waals surface area (Å²) < 4.78 is 13.7. The van der Waals surface area contributed by atoms with Crippen molar-refractivity contribution in [3.8, 4) is 10.6 Å². The van der Waals surface area contributed by atoms with Crippen molar-refractivity contribution < 1.29 is 4.39 Å². The van der Waals surface area contributed by atoms with Crippen molar-refractivity contribution in [2.45, 2.75) is 18.8 Å². The zero-order valence-corrected chi connectivity index (χ0v) is 10.7. The second-order valence-electron chi connectivity index (χ2n) is 4.47. The number of aromatic nitrogens is 2. The van der Waals surface area contributed by atoms with E-state index >= 15 is 0 Å². The van der Waals surface area contributed by atoms with Crippen LogP contribution in [0.3, 0.4) is 0 Å². The highest BCUT2D eigenvalue weighted by Crippen LogP contribution is 2.31. The molecule has 2 aromatic rings. The van der Waals surface area contributed by atoms with E-state index < -0.39 is 0 Å². The maximum atomic E-state index is 13.7. The molecule has 3 rings (SSSR count). The zero-order chi connectivity index (χ0) is 12.4. The van der Waals surface area contributed by atoms with Gasteiger partial charge in [0.25, 0.3) is 0 Å². The van der Waals surface area contributed by atoms with Crippen LogP contribution < -0.4 is 5.32 Å². The van der Waals surface area contributed by atoms with Crippen molar-refractivity contribution in [2.75, 3.05) is 13.1 Å². The molecule has 1 aliphatic rings. The molecule has 1 atom stereocenters. The molecule has 5 heteroatoms. The van der Waals surface area contributed by atoms with Crippen molar-refractivity contribution in [2.24, 2.45) is 0 Å². The van der Waals surface area contributed by atoms with Crippen molar-refractivity contribution >= 4 is 11.3 Å². The highest BCUT2D eigenvalue weighted by molar-refractivity contribution is 7.14. The Morgan fingerprint density at radius 1 is 1.28 bits per heavy atom. The Hall–Kier alpha value is -1.33. The number of nitrogens with one attached hydrogen (secondary N) is 1. The van der Waals surface area contributed by atoms with Crippen LogP contribution in [0.1, 0.15) is 23.8 Å². The maximum Gasteiger partial charge on any atom is 0.150 e. The molecule has 1 saturated heterocycles. The SMILES string of the molecule is Fc1ccccc1-c1nnc(C2CCCNC2)s1. The van der Waals surface area contributed by atoms with E-state index in [1.165, 1.54) is 23.8 Å². The lowest BCUT2D eigenvalue weighted by Gasteiger charge is -2.19. The molecule has 94 valence electrons. The molecule has 0 spiro atoms. The van der Waals surface area contributed by atoms with E-state index in [-0.39, 0.29) is 5.82 Å². The molecule has 3 nitrogen and oxygen atoms in total. The number of piperidine rings is 1. The first kappa shape index (κ1) is 11.7. The van der Waals surface area contributed by atoms with Gasteiger partial charge >= 0.3 is 0 Å². The molecule has 1 unspecified atom stereocenters. The van der Waals surface area contributed by atoms with Crippen LogP contribution >= 0.6 is 11.3 Å². The van der Waals surface area contributed by atoms with Crippen molar-refractivity contribution in [1.29, 1.82) is 0 Å². The molecule has 1 fully saturated rings. The van der Waals surface area contributed by atoms with E-state index in [4.69, 9.17) is 0 Å². The number of hydrogen-bond donors (Lipinski definition) is 1. The third kappa shape index (κ3) is 2.28. The third-order valence-corrected chi connectivity index (χ3v) is 4.31. The molecular weight excluding hydrogens is 249 g/mol. The second kappa shape index (κ2) is 5.12. The van der Waals surface area contributed by atoms with E-state index in [1.54, 1.807) is 12.1 Å². The van der Waals surface area contributed by atoms with Gasteiger partial charge in [-0.1, -0.05) is 23.5 Å². The van der Waals surface area contributed by atoms with Crippen LogP contribution in [-0.4, -0.2) is 23.3 Å². The summed E-state index contributed by atoms with van der Waals surface area (Å²) in [5.74, 6) is 0.193. The molecule has 2 heterocycles. The normalized spacial score (nSPS) is 19.9. The predicted molar refractivity (Wildman–Crippen MR) is 70.1 cm³/mol. The molecule has 1 N–H and O–H groups in total. The molecule has 0 bridgehead atoms. The molecule has 1 aliphatic heterocycles. The Morgan fingerprint density at radius 2 is 2.17 bits per heavy atom. The fraction of sp³-hybridized carbons (Fsp3) is 0.385. The van der Waals surface area contributed by atoms with Crippen LogP contribution in [0.5, 0.6) is 0 Å². The first-order valence-corrected chi connectivity index (χ1v) is 6.95. The van der Waals surface area contributed by atoms with Gasteiger partial charge in [-0.25, -0.2) is 4.39 Å². The van der Waals surface area contributed by atoms with E-state index in [9.17, 15) is 4.39 Å². The lowest BCUT2D eigenvalue weighted by Crippen LogP contribution is -2.28. The first-order valence-electron chi connectivity index (χ1n) is 6.13. The van der Waals surface area contributed by atoms with Gasteiger partial charge in [-0.2, -0.15) is 0 Å². The van der Waals surface area contributed by atoms with Gasteiger partial charge < -0.3 is 5.32 Å². The van der Waals surface area contributed by atoms with Crippen LogP contribution in [0.15, 0.2) is 24.3 Å². The van der Waals surface area contributed by atoms with Crippen LogP contribution in [0.2, 0.25) is 0 Å². The third-order valence-electron chi connectivity index (χ3n) is 3.19. The van der Waals surface area contributed by atoms with Gasteiger partial charge in [0.1, 0.15) is 10.8 Å². The number of rotatable bonds is 2. The quantitative estimate of drug-likeness (QED) is 0.905. The van der Waals surface area contributed by atoms with Gasteiger partial charge in [-0.05, 0) is 31.5 Å². The van der Waals surface area contributed by atoms with Gasteiger partial charge in [0.15, 0.2) is 5.01 Å². The predicted octanol–water partition coefficient (Wildman–Crippen LogP) is 2.81. The van der Waals surface area contributed by atoms with Gasteiger partial charge in [0.05, 0.1) is 0 Å². The minimum absolute atomic E-state index is 0.234. The Kier molecular flexibility index (Phi) is 3.34. The van der Waals surface area contributed by atoms with E-state index in [0.717, 1.165) is 24.5 Å². The first-order chi connectivity index (χ1) is 8.84. The number of halogens is 1. The smallest absolute Gasteiger partial charge is 0.150 e. The Balaban J connectivity index is 1.87. The summed E-state index contributed by atoms with van der Waals surface area (Å²) in [6.45, 7) is 2.03. The van der Waals surface area contributed by atoms with E-state index in [0.29, 0.717) is 16.5 Å². The summed E-state index contributed by atoms with van der Waals surface area (Å²) in [5.41, 5.74) is 0.546. The summed E-state index contributed by atoms with van der Waals surface area (Å²) in [6.07, 6.45) is 2.30. The minimum Gasteiger partial charge on any atom is -0.316 e. The number of nitrogens with zero attached hydrogens (tertiary/aromatic N) is 2. The average Bonchev–Trinajstić information content (AvgIpc) is 2.90. The molecule has 1 aromatic heterocycles. The lowest BCUT2D eigenvalue weighted by molar-refractivity contribution is 0.458. The Labute approximate surface area is 109 Å². The van der Waals surface area contributed by atoms with Gasteiger partial charge in [0.2, 0.25) is 0 Å². The van der Waals surface area contributed by atoms with E-state index in [2.05, 4.69) is 15.5 Å².